The first-order valence-corrected chi connectivity index (χ1v) is 6.07. The number of hydrogen-bond donors (Lipinski definition) is 4. The number of fused-ring (bicyclic) bond motifs is 1. The van der Waals surface area contributed by atoms with E-state index in [9.17, 15) is 9.59 Å². The highest BCUT2D eigenvalue weighted by molar-refractivity contribution is 5.86. The number of nitrogens with one attached hydrogen (secondary N) is 2. The van der Waals surface area contributed by atoms with Crippen LogP contribution in [0, 0.1) is 5.92 Å². The number of aliphatic carboxylic acids is 1. The Bertz CT molecular complexity index is 489. The van der Waals surface area contributed by atoms with E-state index in [1.807, 2.05) is 24.3 Å². The lowest BCUT2D eigenvalue weighted by Gasteiger charge is -2.26. The summed E-state index contributed by atoms with van der Waals surface area (Å²) in [6.07, 6.45) is 0.562. The van der Waals surface area contributed by atoms with Crippen molar-refractivity contribution in [1.29, 1.82) is 0 Å². The van der Waals surface area contributed by atoms with Gasteiger partial charge in [0, 0.05) is 12.2 Å². The van der Waals surface area contributed by atoms with E-state index in [0.717, 1.165) is 11.3 Å². The fraction of sp³-hybridized carbons (Fsp3) is 0.385. The summed E-state index contributed by atoms with van der Waals surface area (Å²) >= 11 is 0. The minimum atomic E-state index is -1.25. The van der Waals surface area contributed by atoms with Crippen LogP contribution in [0.4, 0.5) is 5.69 Å². The maximum Gasteiger partial charge on any atom is 0.328 e. The van der Waals surface area contributed by atoms with Crippen molar-refractivity contribution in [3.05, 3.63) is 29.8 Å². The molecule has 0 bridgehead atoms. The molecule has 0 saturated heterocycles. The molecule has 0 fully saturated rings. The molecule has 6 nitrogen and oxygen atoms in total. The molecule has 1 amide bonds. The zero-order chi connectivity index (χ0) is 13.8. The van der Waals surface area contributed by atoms with Crippen molar-refractivity contribution in [2.75, 3.05) is 18.5 Å². The van der Waals surface area contributed by atoms with Gasteiger partial charge in [0.05, 0.1) is 12.5 Å². The van der Waals surface area contributed by atoms with Gasteiger partial charge in [-0.05, 0) is 18.1 Å². The number of benzene rings is 1. The van der Waals surface area contributed by atoms with Crippen molar-refractivity contribution in [1.82, 2.24) is 5.32 Å². The van der Waals surface area contributed by atoms with Crippen LogP contribution in [0.2, 0.25) is 0 Å². The Balaban J connectivity index is 2.01. The number of carbonyl (C=O) groups excluding carboxylic acids is 1. The summed E-state index contributed by atoms with van der Waals surface area (Å²) in [5.41, 5.74) is 2.04. The summed E-state index contributed by atoms with van der Waals surface area (Å²) in [7, 11) is 0. The number of para-hydroxylation sites is 1. The van der Waals surface area contributed by atoms with Gasteiger partial charge in [0.1, 0.15) is 6.04 Å². The van der Waals surface area contributed by atoms with Crippen LogP contribution in [0.3, 0.4) is 0 Å². The molecule has 102 valence electrons. The average molecular weight is 264 g/mol. The molecule has 1 aromatic rings. The summed E-state index contributed by atoms with van der Waals surface area (Å²) in [6, 6.07) is 6.44. The quantitative estimate of drug-likeness (QED) is 0.605. The maximum atomic E-state index is 12.0. The molecule has 0 aliphatic carbocycles. The molecule has 4 N–H and O–H groups in total. The first-order chi connectivity index (χ1) is 9.11. The smallest absolute Gasteiger partial charge is 0.328 e. The number of carboxylic acid groups (broad SMARTS) is 1. The van der Waals surface area contributed by atoms with Crippen molar-refractivity contribution in [3.63, 3.8) is 0 Å². The number of amides is 1. The SMILES string of the molecule is O=C(N[C@@H](CO)C(=O)O)C1CNc2ccccc2C1. The monoisotopic (exact) mass is 264 g/mol. The minimum absolute atomic E-state index is 0.330. The van der Waals surface area contributed by atoms with E-state index in [4.69, 9.17) is 10.2 Å². The molecule has 6 heteroatoms. The van der Waals surface area contributed by atoms with Gasteiger partial charge >= 0.3 is 5.97 Å². The lowest BCUT2D eigenvalue weighted by Crippen LogP contribution is -2.48. The third-order valence-corrected chi connectivity index (χ3v) is 3.19. The van der Waals surface area contributed by atoms with Gasteiger partial charge in [-0.3, -0.25) is 4.79 Å². The summed E-state index contributed by atoms with van der Waals surface area (Å²) in [4.78, 5) is 22.7. The molecule has 1 aliphatic heterocycles. The van der Waals surface area contributed by atoms with Crippen molar-refractivity contribution in [2.24, 2.45) is 5.92 Å². The highest BCUT2D eigenvalue weighted by atomic mass is 16.4. The van der Waals surface area contributed by atoms with Crippen molar-refractivity contribution in [2.45, 2.75) is 12.5 Å². The summed E-state index contributed by atoms with van der Waals surface area (Å²) in [5.74, 6) is -1.92. The Morgan fingerprint density at radius 1 is 1.42 bits per heavy atom. The van der Waals surface area contributed by atoms with Crippen LogP contribution in [0.5, 0.6) is 0 Å². The predicted octanol–water partition coefficient (Wildman–Crippen LogP) is -0.167. The largest absolute Gasteiger partial charge is 0.480 e. The second-order valence-electron chi connectivity index (χ2n) is 4.52. The fourth-order valence-electron chi connectivity index (χ4n) is 2.10. The lowest BCUT2D eigenvalue weighted by atomic mass is 9.93. The zero-order valence-corrected chi connectivity index (χ0v) is 10.3. The third kappa shape index (κ3) is 3.03. The maximum absolute atomic E-state index is 12.0. The topological polar surface area (TPSA) is 98.7 Å². The van der Waals surface area contributed by atoms with Gasteiger partial charge in [0.25, 0.3) is 0 Å². The molecule has 0 radical (unpaired) electrons. The highest BCUT2D eigenvalue weighted by Crippen LogP contribution is 2.24. The molecule has 0 saturated carbocycles. The first-order valence-electron chi connectivity index (χ1n) is 6.07. The van der Waals surface area contributed by atoms with Gasteiger partial charge in [-0.1, -0.05) is 18.2 Å². The number of hydrogen-bond acceptors (Lipinski definition) is 4. The Morgan fingerprint density at radius 2 is 2.16 bits per heavy atom. The van der Waals surface area contributed by atoms with E-state index >= 15 is 0 Å². The lowest BCUT2D eigenvalue weighted by molar-refractivity contribution is -0.143. The fourth-order valence-corrected chi connectivity index (χ4v) is 2.10. The Morgan fingerprint density at radius 3 is 2.84 bits per heavy atom. The zero-order valence-electron chi connectivity index (χ0n) is 10.3. The molecular weight excluding hydrogens is 248 g/mol. The van der Waals surface area contributed by atoms with Gasteiger partial charge in [0.2, 0.25) is 5.91 Å². The molecular formula is C13H16N2O4. The summed E-state index contributed by atoms with van der Waals surface area (Å²) in [6.45, 7) is -0.154. The molecule has 0 aromatic heterocycles. The van der Waals surface area contributed by atoms with E-state index in [2.05, 4.69) is 10.6 Å². The van der Waals surface area contributed by atoms with Crippen LogP contribution >= 0.6 is 0 Å². The van der Waals surface area contributed by atoms with Crippen LogP contribution in [-0.4, -0.2) is 41.3 Å². The standard InChI is InChI=1S/C13H16N2O4/c16-7-11(13(18)19)15-12(17)9-5-8-3-1-2-4-10(8)14-6-9/h1-4,9,11,14,16H,5-7H2,(H,15,17)(H,18,19)/t9?,11-/m0/s1. The normalized spacial score (nSPS) is 18.9. The van der Waals surface area contributed by atoms with Crippen molar-refractivity contribution < 1.29 is 19.8 Å². The second kappa shape index (κ2) is 5.71. The average Bonchev–Trinajstić information content (AvgIpc) is 2.43. The van der Waals surface area contributed by atoms with Gasteiger partial charge in [-0.15, -0.1) is 0 Å². The van der Waals surface area contributed by atoms with E-state index in [1.54, 1.807) is 0 Å². The van der Waals surface area contributed by atoms with Crippen molar-refractivity contribution >= 4 is 17.6 Å². The van der Waals surface area contributed by atoms with Crippen LogP contribution in [0.25, 0.3) is 0 Å². The van der Waals surface area contributed by atoms with Gasteiger partial charge in [-0.25, -0.2) is 4.79 Å². The second-order valence-corrected chi connectivity index (χ2v) is 4.52. The molecule has 0 spiro atoms. The number of anilines is 1. The highest BCUT2D eigenvalue weighted by Gasteiger charge is 2.27. The molecule has 2 rings (SSSR count). The van der Waals surface area contributed by atoms with Crippen LogP contribution in [-0.2, 0) is 16.0 Å². The Hall–Kier alpha value is -2.08. The number of carbonyl (C=O) groups is 2. The molecule has 19 heavy (non-hydrogen) atoms. The van der Waals surface area contributed by atoms with Gasteiger partial charge in [-0.2, -0.15) is 0 Å². The van der Waals surface area contributed by atoms with E-state index in [1.165, 1.54) is 0 Å². The molecule has 1 unspecified atom stereocenters. The Kier molecular flexibility index (Phi) is 4.01. The minimum Gasteiger partial charge on any atom is -0.480 e. The molecule has 1 heterocycles. The number of carboxylic acids is 1. The van der Waals surface area contributed by atoms with E-state index in [-0.39, 0.29) is 11.8 Å². The first kappa shape index (κ1) is 13.4. The van der Waals surface area contributed by atoms with Gasteiger partial charge < -0.3 is 20.8 Å². The number of aliphatic hydroxyl groups excluding tert-OH is 1. The predicted molar refractivity (Wildman–Crippen MR) is 68.8 cm³/mol. The van der Waals surface area contributed by atoms with E-state index in [0.29, 0.717) is 13.0 Å². The molecule has 1 aliphatic rings. The summed E-state index contributed by atoms with van der Waals surface area (Å²) < 4.78 is 0. The number of rotatable bonds is 4. The van der Waals surface area contributed by atoms with Crippen LogP contribution in [0.1, 0.15) is 5.56 Å². The van der Waals surface area contributed by atoms with Crippen molar-refractivity contribution in [3.8, 4) is 0 Å². The summed E-state index contributed by atoms with van der Waals surface area (Å²) in [5, 5.41) is 23.2. The van der Waals surface area contributed by atoms with Gasteiger partial charge in [0.15, 0.2) is 0 Å². The third-order valence-electron chi connectivity index (χ3n) is 3.19. The van der Waals surface area contributed by atoms with Crippen LogP contribution < -0.4 is 10.6 Å². The molecule has 1 aromatic carbocycles. The number of aliphatic hydroxyl groups is 1. The van der Waals surface area contributed by atoms with Crippen LogP contribution in [0.15, 0.2) is 24.3 Å². The Labute approximate surface area is 110 Å². The molecule has 2 atom stereocenters. The van der Waals surface area contributed by atoms with E-state index < -0.39 is 18.6 Å².